The molecule has 0 saturated heterocycles. The lowest BCUT2D eigenvalue weighted by Gasteiger charge is -2.12. The molecule has 5 nitrogen and oxygen atoms in total. The number of benzene rings is 2. The van der Waals surface area contributed by atoms with Gasteiger partial charge in [-0.1, -0.05) is 18.2 Å². The number of pyridine rings is 1. The molecule has 3 aromatic rings. The highest BCUT2D eigenvalue weighted by atomic mass is 16.5. The number of nitrogens with zero attached hydrogens (tertiary/aromatic N) is 1. The minimum atomic E-state index is -0.400. The van der Waals surface area contributed by atoms with E-state index in [-0.39, 0.29) is 12.0 Å². The van der Waals surface area contributed by atoms with Crippen LogP contribution in [-0.4, -0.2) is 23.0 Å². The smallest absolute Gasteiger partial charge is 0.338 e. The zero-order chi connectivity index (χ0) is 18.7. The van der Waals surface area contributed by atoms with Gasteiger partial charge in [0.05, 0.1) is 22.9 Å². The Bertz CT molecular complexity index is 966. The lowest BCUT2D eigenvalue weighted by molar-refractivity contribution is 0.0378. The highest BCUT2D eigenvalue weighted by Crippen LogP contribution is 2.25. The Kier molecular flexibility index (Phi) is 4.98. The van der Waals surface area contributed by atoms with Crippen LogP contribution in [-0.2, 0) is 4.74 Å². The fourth-order valence-corrected chi connectivity index (χ4v) is 2.65. The second-order valence-electron chi connectivity index (χ2n) is 6.32. The summed E-state index contributed by atoms with van der Waals surface area (Å²) in [6, 6.07) is 15.9. The first kappa shape index (κ1) is 17.6. The van der Waals surface area contributed by atoms with Crippen LogP contribution in [0.25, 0.3) is 10.9 Å². The Hall–Kier alpha value is -3.21. The van der Waals surface area contributed by atoms with E-state index in [0.717, 1.165) is 5.69 Å². The number of aryl methyl sites for hydroxylation is 1. The quantitative estimate of drug-likeness (QED) is 0.711. The third kappa shape index (κ3) is 3.88. The number of amides is 1. The molecule has 1 aromatic heterocycles. The number of anilines is 1. The summed E-state index contributed by atoms with van der Waals surface area (Å²) in [5.74, 6) is -0.615. The van der Waals surface area contributed by atoms with Gasteiger partial charge >= 0.3 is 5.97 Å². The number of ether oxygens (including phenoxy) is 1. The summed E-state index contributed by atoms with van der Waals surface area (Å²) in [6.45, 7) is 5.46. The lowest BCUT2D eigenvalue weighted by atomic mass is 10.1. The molecule has 0 aliphatic carbocycles. The van der Waals surface area contributed by atoms with Gasteiger partial charge in [-0.05, 0) is 57.2 Å². The summed E-state index contributed by atoms with van der Waals surface area (Å²) in [6.07, 6.45) is -0.202. The molecular formula is C21H20N2O3. The molecule has 0 unspecified atom stereocenters. The summed E-state index contributed by atoms with van der Waals surface area (Å²) >= 11 is 0. The molecule has 0 saturated carbocycles. The van der Waals surface area contributed by atoms with Gasteiger partial charge in [0, 0.05) is 16.6 Å². The second-order valence-corrected chi connectivity index (χ2v) is 6.32. The first-order valence-electron chi connectivity index (χ1n) is 8.43. The molecular weight excluding hydrogens is 328 g/mol. The van der Waals surface area contributed by atoms with Crippen molar-refractivity contribution < 1.29 is 14.3 Å². The average Bonchev–Trinajstić information content (AvgIpc) is 2.61. The van der Waals surface area contributed by atoms with Crippen molar-refractivity contribution >= 4 is 28.5 Å². The largest absolute Gasteiger partial charge is 0.459 e. The highest BCUT2D eigenvalue weighted by molar-refractivity contribution is 6.09. The molecule has 5 heteroatoms. The number of hydrogen-bond acceptors (Lipinski definition) is 4. The number of fused-ring (bicyclic) bond motifs is 1. The number of carbonyl (C=O) groups excluding carboxylic acids is 2. The third-order valence-corrected chi connectivity index (χ3v) is 3.80. The molecule has 0 radical (unpaired) electrons. The van der Waals surface area contributed by atoms with E-state index < -0.39 is 5.97 Å². The van der Waals surface area contributed by atoms with Crippen LogP contribution in [0, 0.1) is 6.92 Å². The van der Waals surface area contributed by atoms with Crippen molar-refractivity contribution in [1.29, 1.82) is 0 Å². The van der Waals surface area contributed by atoms with E-state index >= 15 is 0 Å². The molecule has 132 valence electrons. The molecule has 1 heterocycles. The molecule has 1 amide bonds. The predicted molar refractivity (Wildman–Crippen MR) is 101 cm³/mol. The Morgan fingerprint density at radius 1 is 1.00 bits per heavy atom. The first-order valence-corrected chi connectivity index (χ1v) is 8.43. The lowest BCUT2D eigenvalue weighted by Crippen LogP contribution is -2.13. The maximum atomic E-state index is 12.5. The summed E-state index contributed by atoms with van der Waals surface area (Å²) in [7, 11) is 0. The Morgan fingerprint density at radius 2 is 1.73 bits per heavy atom. The van der Waals surface area contributed by atoms with Gasteiger partial charge in [-0.3, -0.25) is 9.78 Å². The Morgan fingerprint density at radius 3 is 2.42 bits per heavy atom. The summed E-state index contributed by atoms with van der Waals surface area (Å²) in [5, 5.41) is 3.61. The normalized spacial score (nSPS) is 10.8. The van der Waals surface area contributed by atoms with Crippen LogP contribution in [0.1, 0.15) is 40.3 Å². The molecule has 26 heavy (non-hydrogen) atoms. The van der Waals surface area contributed by atoms with Crippen molar-refractivity contribution in [3.63, 3.8) is 0 Å². The van der Waals surface area contributed by atoms with Crippen LogP contribution in [0.5, 0.6) is 0 Å². The highest BCUT2D eigenvalue weighted by Gasteiger charge is 2.14. The van der Waals surface area contributed by atoms with Crippen LogP contribution in [0.4, 0.5) is 5.69 Å². The number of esters is 1. The maximum Gasteiger partial charge on any atom is 0.338 e. The van der Waals surface area contributed by atoms with E-state index in [9.17, 15) is 9.59 Å². The second kappa shape index (κ2) is 7.35. The predicted octanol–water partition coefficient (Wildman–Crippen LogP) is 4.36. The molecule has 0 aliphatic rings. The van der Waals surface area contributed by atoms with Crippen molar-refractivity contribution in [2.24, 2.45) is 0 Å². The molecule has 0 bridgehead atoms. The minimum absolute atomic E-state index is 0.202. The van der Waals surface area contributed by atoms with Gasteiger partial charge in [0.15, 0.2) is 0 Å². The van der Waals surface area contributed by atoms with Gasteiger partial charge in [-0.25, -0.2) is 4.79 Å². The van der Waals surface area contributed by atoms with E-state index in [1.807, 2.05) is 25.1 Å². The van der Waals surface area contributed by atoms with Crippen LogP contribution in [0.2, 0.25) is 0 Å². The van der Waals surface area contributed by atoms with Crippen LogP contribution >= 0.6 is 0 Å². The number of hydrogen-bond donors (Lipinski definition) is 1. The van der Waals surface area contributed by atoms with Crippen molar-refractivity contribution in [2.45, 2.75) is 26.9 Å². The molecule has 1 N–H and O–H groups in total. The van der Waals surface area contributed by atoms with Crippen molar-refractivity contribution in [1.82, 2.24) is 4.98 Å². The van der Waals surface area contributed by atoms with Gasteiger partial charge < -0.3 is 10.1 Å². The minimum Gasteiger partial charge on any atom is -0.459 e. The SMILES string of the molecule is Cc1cc(NC(=O)c2ccccc2)c2cc(C(=O)OC(C)C)ccc2n1. The van der Waals surface area contributed by atoms with Gasteiger partial charge in [0.1, 0.15) is 0 Å². The maximum absolute atomic E-state index is 12.5. The van der Waals surface area contributed by atoms with Gasteiger partial charge in [0.2, 0.25) is 0 Å². The average molecular weight is 348 g/mol. The topological polar surface area (TPSA) is 68.3 Å². The molecule has 0 aliphatic heterocycles. The van der Waals surface area contributed by atoms with E-state index in [1.165, 1.54) is 0 Å². The monoisotopic (exact) mass is 348 g/mol. The molecule has 0 atom stereocenters. The summed E-state index contributed by atoms with van der Waals surface area (Å²) in [5.41, 5.74) is 3.07. The number of aromatic nitrogens is 1. The standard InChI is InChI=1S/C21H20N2O3/c1-13(2)26-21(25)16-9-10-18-17(12-16)19(11-14(3)22-18)23-20(24)15-7-5-4-6-8-15/h4-13H,1-3H3,(H,22,23,24). The van der Waals surface area contributed by atoms with Gasteiger partial charge in [-0.15, -0.1) is 0 Å². The zero-order valence-electron chi connectivity index (χ0n) is 14.9. The van der Waals surface area contributed by atoms with Crippen LogP contribution < -0.4 is 5.32 Å². The van der Waals surface area contributed by atoms with Crippen LogP contribution in [0.15, 0.2) is 54.6 Å². The third-order valence-electron chi connectivity index (χ3n) is 3.80. The van der Waals surface area contributed by atoms with E-state index in [4.69, 9.17) is 4.74 Å². The van der Waals surface area contributed by atoms with E-state index in [0.29, 0.717) is 27.7 Å². The van der Waals surface area contributed by atoms with Crippen LogP contribution in [0.3, 0.4) is 0 Å². The summed E-state index contributed by atoms with van der Waals surface area (Å²) < 4.78 is 5.25. The number of rotatable bonds is 4. The fourth-order valence-electron chi connectivity index (χ4n) is 2.65. The summed E-state index contributed by atoms with van der Waals surface area (Å²) in [4.78, 5) is 29.2. The number of carbonyl (C=O) groups is 2. The Balaban J connectivity index is 2.00. The van der Waals surface area contributed by atoms with Gasteiger partial charge in [-0.2, -0.15) is 0 Å². The molecule has 0 spiro atoms. The number of nitrogens with one attached hydrogen (secondary N) is 1. The Labute approximate surface area is 152 Å². The molecule has 0 fully saturated rings. The van der Waals surface area contributed by atoms with E-state index in [2.05, 4.69) is 10.3 Å². The fraction of sp³-hybridized carbons (Fsp3) is 0.190. The van der Waals surface area contributed by atoms with Gasteiger partial charge in [0.25, 0.3) is 5.91 Å². The van der Waals surface area contributed by atoms with Crippen molar-refractivity contribution in [2.75, 3.05) is 5.32 Å². The molecule has 2 aromatic carbocycles. The van der Waals surface area contributed by atoms with E-state index in [1.54, 1.807) is 50.2 Å². The van der Waals surface area contributed by atoms with Crippen molar-refractivity contribution in [3.8, 4) is 0 Å². The molecule has 3 rings (SSSR count). The zero-order valence-corrected chi connectivity index (χ0v) is 14.9. The van der Waals surface area contributed by atoms with Crippen molar-refractivity contribution in [3.05, 3.63) is 71.4 Å². The first-order chi connectivity index (χ1) is 12.4.